The smallest absolute Gasteiger partial charge is 0.228 e. The summed E-state index contributed by atoms with van der Waals surface area (Å²) in [6.45, 7) is 7.80. The van der Waals surface area contributed by atoms with Crippen LogP contribution in [-0.4, -0.2) is 10.3 Å². The number of hydrogen-bond donors (Lipinski definition) is 1. The molecule has 0 aliphatic carbocycles. The van der Waals surface area contributed by atoms with Crippen molar-refractivity contribution in [1.82, 2.24) is 0 Å². The van der Waals surface area contributed by atoms with E-state index in [-0.39, 0.29) is 17.1 Å². The minimum atomic E-state index is -0.414. The van der Waals surface area contributed by atoms with Crippen molar-refractivity contribution < 1.29 is 9.90 Å². The molecule has 1 unspecified atom stereocenters. The molecule has 16 heavy (non-hydrogen) atoms. The molecule has 0 aliphatic rings. The number of carbonyl (C=O) groups is 1. The van der Waals surface area contributed by atoms with Crippen molar-refractivity contribution in [2.45, 2.75) is 39.0 Å². The van der Waals surface area contributed by atoms with E-state index in [2.05, 4.69) is 0 Å². The minimum absolute atomic E-state index is 0.114. The largest absolute Gasteiger partial charge is 0.508 e. The van der Waals surface area contributed by atoms with Gasteiger partial charge in [-0.25, -0.2) is 0 Å². The van der Waals surface area contributed by atoms with Gasteiger partial charge in [-0.1, -0.05) is 39.8 Å². The molecule has 0 radical (unpaired) electrons. The van der Waals surface area contributed by atoms with E-state index in [0.29, 0.717) is 0 Å². The summed E-state index contributed by atoms with van der Waals surface area (Å²) in [5, 5.41) is 9.49. The molecule has 1 N–H and O–H groups in total. The fraction of sp³-hybridized carbons (Fsp3) is 0.462. The van der Waals surface area contributed by atoms with Gasteiger partial charge >= 0.3 is 0 Å². The van der Waals surface area contributed by atoms with Crippen molar-refractivity contribution >= 4 is 16.8 Å². The molecule has 1 aromatic rings. The molecule has 0 aliphatic heterocycles. The minimum Gasteiger partial charge on any atom is -0.508 e. The summed E-state index contributed by atoms with van der Waals surface area (Å²) in [5.41, 5.74) is 1.49. The van der Waals surface area contributed by atoms with Crippen molar-refractivity contribution in [1.29, 1.82) is 0 Å². The lowest BCUT2D eigenvalue weighted by molar-refractivity contribution is -0.112. The van der Waals surface area contributed by atoms with E-state index in [1.165, 1.54) is 0 Å². The van der Waals surface area contributed by atoms with Gasteiger partial charge in [-0.2, -0.15) is 0 Å². The summed E-state index contributed by atoms with van der Waals surface area (Å²) in [7, 11) is 0. The lowest BCUT2D eigenvalue weighted by Crippen LogP contribution is -2.12. The van der Waals surface area contributed by atoms with Crippen molar-refractivity contribution in [3.05, 3.63) is 29.3 Å². The average molecular weight is 241 g/mol. The van der Waals surface area contributed by atoms with Crippen LogP contribution < -0.4 is 0 Å². The monoisotopic (exact) mass is 240 g/mol. The van der Waals surface area contributed by atoms with E-state index in [1.807, 2.05) is 32.9 Å². The second-order valence-corrected chi connectivity index (χ2v) is 5.42. The number of carbonyl (C=O) groups excluding carboxylic acids is 1. The Balaban J connectivity index is 3.14. The lowest BCUT2D eigenvalue weighted by Gasteiger charge is -2.21. The first-order valence-corrected chi connectivity index (χ1v) is 5.64. The van der Waals surface area contributed by atoms with Crippen molar-refractivity contribution in [2.75, 3.05) is 0 Å². The SMILES string of the molecule is CC(C(=O)Cl)c1ccc(C(C)(C)C)c(O)c1. The highest BCUT2D eigenvalue weighted by atomic mass is 35.5. The second kappa shape index (κ2) is 4.46. The Morgan fingerprint density at radius 3 is 2.31 bits per heavy atom. The number of phenols is 1. The third-order valence-corrected chi connectivity index (χ3v) is 3.00. The first-order valence-electron chi connectivity index (χ1n) is 5.26. The second-order valence-electron chi connectivity index (χ2n) is 5.05. The van der Waals surface area contributed by atoms with Gasteiger partial charge in [-0.05, 0) is 34.2 Å². The molecule has 1 atom stereocenters. The van der Waals surface area contributed by atoms with Crippen LogP contribution in [0, 0.1) is 0 Å². The molecule has 0 fully saturated rings. The highest BCUT2D eigenvalue weighted by Gasteiger charge is 2.20. The Kier molecular flexibility index (Phi) is 3.64. The predicted molar refractivity (Wildman–Crippen MR) is 66.1 cm³/mol. The van der Waals surface area contributed by atoms with Gasteiger partial charge in [0.05, 0.1) is 5.92 Å². The zero-order valence-corrected chi connectivity index (χ0v) is 10.8. The Bertz CT molecular complexity index is 405. The summed E-state index contributed by atoms with van der Waals surface area (Å²) in [6, 6.07) is 5.30. The van der Waals surface area contributed by atoms with Gasteiger partial charge in [0.25, 0.3) is 0 Å². The quantitative estimate of drug-likeness (QED) is 0.803. The highest BCUT2D eigenvalue weighted by molar-refractivity contribution is 6.64. The van der Waals surface area contributed by atoms with Gasteiger partial charge in [0.2, 0.25) is 5.24 Å². The van der Waals surface area contributed by atoms with E-state index in [0.717, 1.165) is 11.1 Å². The molecule has 1 rings (SSSR count). The van der Waals surface area contributed by atoms with Crippen molar-refractivity contribution in [3.63, 3.8) is 0 Å². The van der Waals surface area contributed by atoms with Crippen molar-refractivity contribution in [2.24, 2.45) is 0 Å². The molecule has 88 valence electrons. The molecule has 0 amide bonds. The van der Waals surface area contributed by atoms with Gasteiger partial charge in [0.1, 0.15) is 5.75 Å². The molecule has 0 saturated heterocycles. The molecule has 0 bridgehead atoms. The summed E-state index contributed by atoms with van der Waals surface area (Å²) in [4.78, 5) is 11.0. The van der Waals surface area contributed by atoms with Crippen LogP contribution in [0.5, 0.6) is 5.75 Å². The lowest BCUT2D eigenvalue weighted by atomic mass is 9.85. The number of halogens is 1. The Labute approximate surface area is 101 Å². The summed E-state index contributed by atoms with van der Waals surface area (Å²) in [6.07, 6.45) is 0. The molecule has 1 aromatic carbocycles. The van der Waals surface area contributed by atoms with E-state index in [9.17, 15) is 9.90 Å². The van der Waals surface area contributed by atoms with E-state index in [1.54, 1.807) is 13.0 Å². The van der Waals surface area contributed by atoms with Gasteiger partial charge < -0.3 is 5.11 Å². The average Bonchev–Trinajstić information content (AvgIpc) is 2.14. The van der Waals surface area contributed by atoms with E-state index in [4.69, 9.17) is 11.6 Å². The molecule has 0 spiro atoms. The highest BCUT2D eigenvalue weighted by Crippen LogP contribution is 2.33. The first-order chi connectivity index (χ1) is 7.23. The molecular formula is C13H17ClO2. The third-order valence-electron chi connectivity index (χ3n) is 2.67. The molecule has 0 aromatic heterocycles. The summed E-state index contributed by atoms with van der Waals surface area (Å²) in [5.74, 6) is -0.170. The fourth-order valence-electron chi connectivity index (χ4n) is 1.58. The van der Waals surface area contributed by atoms with Crippen LogP contribution in [-0.2, 0) is 10.2 Å². The maximum atomic E-state index is 11.0. The normalized spacial score (nSPS) is 13.6. The predicted octanol–water partition coefficient (Wildman–Crippen LogP) is 3.56. The maximum Gasteiger partial charge on any atom is 0.228 e. The third kappa shape index (κ3) is 2.76. The van der Waals surface area contributed by atoms with Crippen LogP contribution in [0.4, 0.5) is 0 Å². The van der Waals surface area contributed by atoms with Crippen LogP contribution in [0.15, 0.2) is 18.2 Å². The van der Waals surface area contributed by atoms with Crippen LogP contribution in [0.25, 0.3) is 0 Å². The number of hydrogen-bond acceptors (Lipinski definition) is 2. The van der Waals surface area contributed by atoms with E-state index < -0.39 is 5.24 Å². The van der Waals surface area contributed by atoms with Crippen LogP contribution in [0.3, 0.4) is 0 Å². The zero-order valence-electron chi connectivity index (χ0n) is 10.0. The van der Waals surface area contributed by atoms with Crippen molar-refractivity contribution in [3.8, 4) is 5.75 Å². The maximum absolute atomic E-state index is 11.0. The molecule has 0 saturated carbocycles. The molecule has 3 heteroatoms. The van der Waals surface area contributed by atoms with Gasteiger partial charge in [0.15, 0.2) is 0 Å². The number of aromatic hydroxyl groups is 1. The Morgan fingerprint density at radius 2 is 1.94 bits per heavy atom. The van der Waals surface area contributed by atoms with Crippen LogP contribution in [0.2, 0.25) is 0 Å². The van der Waals surface area contributed by atoms with Gasteiger partial charge in [-0.15, -0.1) is 0 Å². The molecular weight excluding hydrogens is 224 g/mol. The van der Waals surface area contributed by atoms with Gasteiger partial charge in [0, 0.05) is 0 Å². The Morgan fingerprint density at radius 1 is 1.38 bits per heavy atom. The first kappa shape index (κ1) is 13.0. The van der Waals surface area contributed by atoms with Crippen LogP contribution in [0.1, 0.15) is 44.7 Å². The summed E-state index contributed by atoms with van der Waals surface area (Å²) >= 11 is 5.42. The number of benzene rings is 1. The Hall–Kier alpha value is -1.02. The molecule has 0 heterocycles. The van der Waals surface area contributed by atoms with E-state index >= 15 is 0 Å². The number of rotatable bonds is 2. The number of phenolic OH excluding ortho intramolecular Hbond substituents is 1. The van der Waals surface area contributed by atoms with Crippen LogP contribution >= 0.6 is 11.6 Å². The molecule has 2 nitrogen and oxygen atoms in total. The standard InChI is InChI=1S/C13H17ClO2/c1-8(12(14)16)9-5-6-10(11(15)7-9)13(2,3)4/h5-8,15H,1-4H3. The summed E-state index contributed by atoms with van der Waals surface area (Å²) < 4.78 is 0. The van der Waals surface area contributed by atoms with Gasteiger partial charge in [-0.3, -0.25) is 4.79 Å². The fourth-order valence-corrected chi connectivity index (χ4v) is 1.71. The zero-order chi connectivity index (χ0) is 12.5. The topological polar surface area (TPSA) is 37.3 Å².